The summed E-state index contributed by atoms with van der Waals surface area (Å²) >= 11 is 0. The molecular formula is C20H37IN6O. The van der Waals surface area contributed by atoms with Crippen LogP contribution in [0.3, 0.4) is 0 Å². The van der Waals surface area contributed by atoms with E-state index >= 15 is 0 Å². The number of rotatable bonds is 9. The van der Waals surface area contributed by atoms with E-state index < -0.39 is 0 Å². The highest BCUT2D eigenvalue weighted by Crippen LogP contribution is 2.40. The number of fused-ring (bicyclic) bond motifs is 1. The normalized spacial score (nSPS) is 18.4. The van der Waals surface area contributed by atoms with Crippen LogP contribution in [0.15, 0.2) is 4.99 Å². The number of halogens is 1. The third-order valence-electron chi connectivity index (χ3n) is 5.93. The zero-order valence-electron chi connectivity index (χ0n) is 17.5. The van der Waals surface area contributed by atoms with Crippen molar-refractivity contribution in [1.29, 1.82) is 0 Å². The molecule has 3 rings (SSSR count). The van der Waals surface area contributed by atoms with Gasteiger partial charge in [-0.25, -0.2) is 4.99 Å². The Morgan fingerprint density at radius 1 is 1.14 bits per heavy atom. The lowest BCUT2D eigenvalue weighted by Gasteiger charge is -2.30. The molecule has 1 saturated carbocycles. The van der Waals surface area contributed by atoms with Crippen LogP contribution in [0.1, 0.15) is 70.4 Å². The van der Waals surface area contributed by atoms with Crippen molar-refractivity contribution in [2.45, 2.75) is 78.3 Å². The Hall–Kier alpha value is -0.900. The van der Waals surface area contributed by atoms with E-state index in [2.05, 4.69) is 39.2 Å². The molecule has 1 aliphatic heterocycles. The van der Waals surface area contributed by atoms with E-state index in [-0.39, 0.29) is 24.0 Å². The van der Waals surface area contributed by atoms with Gasteiger partial charge in [-0.15, -0.1) is 34.2 Å². The smallest absolute Gasteiger partial charge is 0.191 e. The first-order valence-electron chi connectivity index (χ1n) is 10.8. The summed E-state index contributed by atoms with van der Waals surface area (Å²) in [6.07, 6.45) is 9.81. The van der Waals surface area contributed by atoms with E-state index in [1.54, 1.807) is 0 Å². The van der Waals surface area contributed by atoms with Gasteiger partial charge in [0.25, 0.3) is 0 Å². The van der Waals surface area contributed by atoms with Crippen molar-refractivity contribution in [1.82, 2.24) is 25.4 Å². The molecule has 0 bridgehead atoms. The van der Waals surface area contributed by atoms with E-state index in [1.165, 1.54) is 38.5 Å². The molecule has 28 heavy (non-hydrogen) atoms. The van der Waals surface area contributed by atoms with Gasteiger partial charge >= 0.3 is 0 Å². The van der Waals surface area contributed by atoms with Crippen LogP contribution >= 0.6 is 24.0 Å². The lowest BCUT2D eigenvalue weighted by atomic mass is 9.83. The van der Waals surface area contributed by atoms with Gasteiger partial charge in [0.05, 0.1) is 0 Å². The number of hydrogen-bond donors (Lipinski definition) is 2. The monoisotopic (exact) mass is 504 g/mol. The Labute approximate surface area is 186 Å². The maximum atomic E-state index is 5.63. The molecule has 0 amide bonds. The third-order valence-corrected chi connectivity index (χ3v) is 5.93. The maximum Gasteiger partial charge on any atom is 0.191 e. The quantitative estimate of drug-likeness (QED) is 0.234. The number of guanidine groups is 1. The summed E-state index contributed by atoms with van der Waals surface area (Å²) in [7, 11) is 0. The minimum Gasteiger partial charge on any atom is -0.382 e. The van der Waals surface area contributed by atoms with Gasteiger partial charge in [-0.2, -0.15) is 0 Å². The molecule has 0 radical (unpaired) electrons. The second-order valence-corrected chi connectivity index (χ2v) is 7.84. The molecule has 1 aromatic heterocycles. The topological polar surface area (TPSA) is 76.4 Å². The van der Waals surface area contributed by atoms with Gasteiger partial charge in [-0.3, -0.25) is 0 Å². The van der Waals surface area contributed by atoms with Crippen LogP contribution in [0, 0.1) is 5.41 Å². The van der Waals surface area contributed by atoms with Crippen LogP contribution in [0.2, 0.25) is 0 Å². The highest BCUT2D eigenvalue weighted by Gasteiger charge is 2.33. The van der Waals surface area contributed by atoms with Gasteiger partial charge in [0.2, 0.25) is 0 Å². The van der Waals surface area contributed by atoms with E-state index in [9.17, 15) is 0 Å². The average Bonchev–Trinajstić information content (AvgIpc) is 3.32. The highest BCUT2D eigenvalue weighted by molar-refractivity contribution is 14.0. The van der Waals surface area contributed by atoms with Gasteiger partial charge in [0.1, 0.15) is 12.4 Å². The van der Waals surface area contributed by atoms with Crippen LogP contribution in [0.4, 0.5) is 0 Å². The molecule has 0 spiro atoms. The number of aromatic nitrogens is 3. The van der Waals surface area contributed by atoms with Crippen molar-refractivity contribution in [2.75, 3.05) is 26.3 Å². The Morgan fingerprint density at radius 2 is 1.96 bits per heavy atom. The molecule has 0 atom stereocenters. The van der Waals surface area contributed by atoms with Gasteiger partial charge in [-0.1, -0.05) is 12.8 Å². The van der Waals surface area contributed by atoms with Gasteiger partial charge in [-0.05, 0) is 51.4 Å². The minimum atomic E-state index is 0. The van der Waals surface area contributed by atoms with E-state index in [0.29, 0.717) is 12.0 Å². The van der Waals surface area contributed by atoms with Crippen LogP contribution < -0.4 is 10.6 Å². The summed E-state index contributed by atoms with van der Waals surface area (Å²) in [6, 6.07) is 0. The highest BCUT2D eigenvalue weighted by atomic mass is 127. The summed E-state index contributed by atoms with van der Waals surface area (Å²) in [5.74, 6) is 2.98. The number of hydrogen-bond acceptors (Lipinski definition) is 4. The molecule has 0 aromatic carbocycles. The fraction of sp³-hybridized carbons (Fsp3) is 0.850. The molecule has 8 heteroatoms. The maximum absolute atomic E-state index is 5.63. The molecule has 2 aliphatic rings. The van der Waals surface area contributed by atoms with Crippen molar-refractivity contribution < 1.29 is 4.74 Å². The zero-order valence-corrected chi connectivity index (χ0v) is 19.8. The molecule has 0 unspecified atom stereocenters. The first kappa shape index (κ1) is 23.4. The van der Waals surface area contributed by atoms with Crippen molar-refractivity contribution in [3.8, 4) is 0 Å². The summed E-state index contributed by atoms with van der Waals surface area (Å²) in [4.78, 5) is 4.79. The Morgan fingerprint density at radius 3 is 2.71 bits per heavy atom. The first-order chi connectivity index (χ1) is 13.3. The predicted molar refractivity (Wildman–Crippen MR) is 123 cm³/mol. The van der Waals surface area contributed by atoms with Crippen LogP contribution in [0.5, 0.6) is 0 Å². The van der Waals surface area contributed by atoms with Crippen molar-refractivity contribution in [2.24, 2.45) is 10.4 Å². The van der Waals surface area contributed by atoms with Gasteiger partial charge in [0.15, 0.2) is 11.8 Å². The summed E-state index contributed by atoms with van der Waals surface area (Å²) < 4.78 is 7.88. The molecule has 160 valence electrons. The molecule has 1 aromatic rings. The van der Waals surface area contributed by atoms with Crippen LogP contribution in [-0.2, 0) is 24.2 Å². The van der Waals surface area contributed by atoms with Crippen LogP contribution in [0.25, 0.3) is 0 Å². The van der Waals surface area contributed by atoms with Gasteiger partial charge < -0.3 is 19.9 Å². The van der Waals surface area contributed by atoms with E-state index in [1.807, 2.05) is 0 Å². The summed E-state index contributed by atoms with van der Waals surface area (Å²) in [5.41, 5.74) is 0.347. The SMILES string of the molecule is CCNC(=NCc1nnc2n1CCCC2)NCC1(CCOCC)CCCC1.I. The lowest BCUT2D eigenvalue weighted by molar-refractivity contribution is 0.105. The largest absolute Gasteiger partial charge is 0.382 e. The van der Waals surface area contributed by atoms with Crippen molar-refractivity contribution in [3.05, 3.63) is 11.6 Å². The Bertz CT molecular complexity index is 612. The van der Waals surface area contributed by atoms with E-state index in [4.69, 9.17) is 9.73 Å². The number of aryl methyl sites for hydroxylation is 1. The number of nitrogens with one attached hydrogen (secondary N) is 2. The molecule has 1 aliphatic carbocycles. The zero-order chi connectivity index (χ0) is 19.0. The number of aliphatic imine (C=N–C) groups is 1. The lowest BCUT2D eigenvalue weighted by Crippen LogP contribution is -2.43. The minimum absolute atomic E-state index is 0. The average molecular weight is 504 g/mol. The fourth-order valence-electron chi connectivity index (χ4n) is 4.32. The van der Waals surface area contributed by atoms with Crippen molar-refractivity contribution >= 4 is 29.9 Å². The first-order valence-corrected chi connectivity index (χ1v) is 10.8. The fourth-order valence-corrected chi connectivity index (χ4v) is 4.32. The predicted octanol–water partition coefficient (Wildman–Crippen LogP) is 3.27. The second kappa shape index (κ2) is 11.9. The standard InChI is InChI=1S/C20H36N6O.HI/c1-3-21-19(22-15-18-25-24-17-9-5-8-13-26(17)18)23-16-20(10-6-7-11-20)12-14-27-4-2;/h3-16H2,1-2H3,(H2,21,22,23);1H. The van der Waals surface area contributed by atoms with Crippen molar-refractivity contribution in [3.63, 3.8) is 0 Å². The molecule has 1 fully saturated rings. The third kappa shape index (κ3) is 6.30. The molecule has 7 nitrogen and oxygen atoms in total. The molecule has 0 saturated heterocycles. The second-order valence-electron chi connectivity index (χ2n) is 7.84. The Kier molecular flexibility index (Phi) is 9.98. The molecule has 2 N–H and O–H groups in total. The Balaban J connectivity index is 0.00000280. The number of nitrogens with zero attached hydrogens (tertiary/aromatic N) is 4. The summed E-state index contributed by atoms with van der Waals surface area (Å²) in [5, 5.41) is 15.7. The van der Waals surface area contributed by atoms with E-state index in [0.717, 1.165) is 63.3 Å². The molecule has 2 heterocycles. The van der Waals surface area contributed by atoms with Crippen LogP contribution in [-0.4, -0.2) is 47.0 Å². The van der Waals surface area contributed by atoms with Gasteiger partial charge in [0, 0.05) is 39.3 Å². The summed E-state index contributed by atoms with van der Waals surface area (Å²) in [6.45, 7) is 9.26. The molecular weight excluding hydrogens is 467 g/mol. The number of ether oxygens (including phenoxy) is 1.